The fourth-order valence-corrected chi connectivity index (χ4v) is 3.01. The van der Waals surface area contributed by atoms with E-state index in [1.807, 2.05) is 0 Å². The first kappa shape index (κ1) is 14.2. The van der Waals surface area contributed by atoms with Crippen LogP contribution in [0.4, 0.5) is 8.78 Å². The summed E-state index contributed by atoms with van der Waals surface area (Å²) in [4.78, 5) is 0. The molecule has 3 rings (SSSR count). The molecule has 1 unspecified atom stereocenters. The molecule has 0 aliphatic carbocycles. The molecule has 1 atom stereocenters. The molecule has 0 amide bonds. The standard InChI is InChI=1S/C15H16F2N2O2/c16-12-5-10(8-18)6-13(17)14(12)21-11-7-15(20-9-11)1-3-19-4-2-15/h5-6,11,19H,1-4,7,9H2. The molecule has 2 aliphatic heterocycles. The van der Waals surface area contributed by atoms with E-state index in [0.717, 1.165) is 38.1 Å². The molecule has 2 fully saturated rings. The summed E-state index contributed by atoms with van der Waals surface area (Å²) in [6.07, 6.45) is 2.03. The van der Waals surface area contributed by atoms with Crippen molar-refractivity contribution < 1.29 is 18.3 Å². The van der Waals surface area contributed by atoms with Gasteiger partial charge < -0.3 is 14.8 Å². The van der Waals surface area contributed by atoms with E-state index < -0.39 is 17.4 Å². The lowest BCUT2D eigenvalue weighted by molar-refractivity contribution is -0.0206. The Kier molecular flexibility index (Phi) is 3.79. The van der Waals surface area contributed by atoms with Gasteiger partial charge in [-0.15, -0.1) is 0 Å². The molecule has 0 aromatic heterocycles. The number of nitrogens with one attached hydrogen (secondary N) is 1. The zero-order valence-corrected chi connectivity index (χ0v) is 11.5. The summed E-state index contributed by atoms with van der Waals surface area (Å²) in [5, 5.41) is 11.9. The lowest BCUT2D eigenvalue weighted by Crippen LogP contribution is -2.41. The zero-order chi connectivity index (χ0) is 14.9. The van der Waals surface area contributed by atoms with E-state index in [2.05, 4.69) is 5.32 Å². The summed E-state index contributed by atoms with van der Waals surface area (Å²) in [5.74, 6) is -2.12. The average molecular weight is 294 g/mol. The van der Waals surface area contributed by atoms with Crippen LogP contribution in [0.5, 0.6) is 5.75 Å². The molecule has 2 saturated heterocycles. The third kappa shape index (κ3) is 2.85. The van der Waals surface area contributed by atoms with Gasteiger partial charge in [-0.1, -0.05) is 0 Å². The summed E-state index contributed by atoms with van der Waals surface area (Å²) >= 11 is 0. The van der Waals surface area contributed by atoms with Crippen LogP contribution in [-0.4, -0.2) is 31.4 Å². The fraction of sp³-hybridized carbons (Fsp3) is 0.533. The second-order valence-electron chi connectivity index (χ2n) is 5.57. The Labute approximate surface area is 121 Å². The lowest BCUT2D eigenvalue weighted by atomic mass is 9.89. The molecule has 4 nitrogen and oxygen atoms in total. The van der Waals surface area contributed by atoms with Gasteiger partial charge >= 0.3 is 0 Å². The first-order chi connectivity index (χ1) is 10.1. The monoisotopic (exact) mass is 294 g/mol. The highest BCUT2D eigenvalue weighted by molar-refractivity contribution is 5.37. The number of rotatable bonds is 2. The van der Waals surface area contributed by atoms with Gasteiger partial charge in [-0.25, -0.2) is 8.78 Å². The van der Waals surface area contributed by atoms with Crippen LogP contribution in [0.1, 0.15) is 24.8 Å². The van der Waals surface area contributed by atoms with Crippen LogP contribution in [0.2, 0.25) is 0 Å². The van der Waals surface area contributed by atoms with Gasteiger partial charge in [0, 0.05) is 6.42 Å². The van der Waals surface area contributed by atoms with E-state index in [1.165, 1.54) is 0 Å². The fourth-order valence-electron chi connectivity index (χ4n) is 3.01. The molecule has 1 N–H and O–H groups in total. The highest BCUT2D eigenvalue weighted by atomic mass is 19.1. The summed E-state index contributed by atoms with van der Waals surface area (Å²) in [7, 11) is 0. The van der Waals surface area contributed by atoms with E-state index in [0.29, 0.717) is 13.0 Å². The van der Waals surface area contributed by atoms with Gasteiger partial charge in [-0.05, 0) is 38.1 Å². The molecule has 0 radical (unpaired) electrons. The van der Waals surface area contributed by atoms with Crippen molar-refractivity contribution in [2.24, 2.45) is 0 Å². The highest BCUT2D eigenvalue weighted by Crippen LogP contribution is 2.36. The highest BCUT2D eigenvalue weighted by Gasteiger charge is 2.42. The molecule has 21 heavy (non-hydrogen) atoms. The van der Waals surface area contributed by atoms with E-state index >= 15 is 0 Å². The van der Waals surface area contributed by atoms with E-state index in [1.54, 1.807) is 6.07 Å². The van der Waals surface area contributed by atoms with Crippen molar-refractivity contribution in [2.75, 3.05) is 19.7 Å². The van der Waals surface area contributed by atoms with Crippen LogP contribution in [0.25, 0.3) is 0 Å². The van der Waals surface area contributed by atoms with Crippen LogP contribution >= 0.6 is 0 Å². The molecule has 1 aromatic rings. The Bertz CT molecular complexity index is 557. The van der Waals surface area contributed by atoms with Crippen LogP contribution in [0, 0.1) is 23.0 Å². The summed E-state index contributed by atoms with van der Waals surface area (Å²) in [5.41, 5.74) is -0.287. The van der Waals surface area contributed by atoms with Crippen LogP contribution in [0.15, 0.2) is 12.1 Å². The minimum atomic E-state index is -0.849. The average Bonchev–Trinajstić information content (AvgIpc) is 2.86. The largest absolute Gasteiger partial charge is 0.482 e. The van der Waals surface area contributed by atoms with Gasteiger partial charge in [0.25, 0.3) is 0 Å². The molecule has 2 aliphatic rings. The zero-order valence-electron chi connectivity index (χ0n) is 11.5. The molecule has 1 aromatic carbocycles. The summed E-state index contributed by atoms with van der Waals surface area (Å²) < 4.78 is 38.9. The first-order valence-corrected chi connectivity index (χ1v) is 7.02. The van der Waals surface area contributed by atoms with Gasteiger partial charge in [0.05, 0.1) is 23.8 Å². The Morgan fingerprint density at radius 3 is 2.57 bits per heavy atom. The molecule has 6 heteroatoms. The quantitative estimate of drug-likeness (QED) is 0.908. The van der Waals surface area contributed by atoms with Crippen molar-refractivity contribution >= 4 is 0 Å². The second-order valence-corrected chi connectivity index (χ2v) is 5.57. The van der Waals surface area contributed by atoms with Crippen molar-refractivity contribution in [2.45, 2.75) is 31.0 Å². The summed E-state index contributed by atoms with van der Waals surface area (Å²) in [6.45, 7) is 2.09. The molecule has 112 valence electrons. The second kappa shape index (κ2) is 5.58. The minimum Gasteiger partial charge on any atom is -0.482 e. The van der Waals surface area contributed by atoms with Crippen LogP contribution in [0.3, 0.4) is 0 Å². The Hall–Kier alpha value is -1.71. The van der Waals surface area contributed by atoms with Gasteiger partial charge in [-0.2, -0.15) is 5.26 Å². The smallest absolute Gasteiger partial charge is 0.191 e. The molecular weight excluding hydrogens is 278 g/mol. The number of hydrogen-bond acceptors (Lipinski definition) is 4. The third-order valence-corrected chi connectivity index (χ3v) is 4.10. The van der Waals surface area contributed by atoms with Crippen molar-refractivity contribution in [3.8, 4) is 11.8 Å². The molecule has 0 saturated carbocycles. The van der Waals surface area contributed by atoms with Gasteiger partial charge in [0.15, 0.2) is 17.4 Å². The molecule has 1 spiro atoms. The maximum absolute atomic E-state index is 13.8. The Morgan fingerprint density at radius 1 is 1.29 bits per heavy atom. The SMILES string of the molecule is N#Cc1cc(F)c(OC2COC3(CCNCC3)C2)c(F)c1. The number of ether oxygens (including phenoxy) is 2. The van der Waals surface area contributed by atoms with Crippen molar-refractivity contribution in [3.05, 3.63) is 29.3 Å². The van der Waals surface area contributed by atoms with Crippen LogP contribution in [-0.2, 0) is 4.74 Å². The molecule has 2 heterocycles. The Balaban J connectivity index is 1.72. The first-order valence-electron chi connectivity index (χ1n) is 7.02. The molecular formula is C15H16F2N2O2. The Morgan fingerprint density at radius 2 is 1.95 bits per heavy atom. The lowest BCUT2D eigenvalue weighted by Gasteiger charge is -2.32. The van der Waals surface area contributed by atoms with Crippen molar-refractivity contribution in [1.29, 1.82) is 5.26 Å². The minimum absolute atomic E-state index is 0.0603. The molecule has 0 bridgehead atoms. The number of nitriles is 1. The predicted molar refractivity (Wildman–Crippen MR) is 70.9 cm³/mol. The normalized spacial score (nSPS) is 24.0. The van der Waals surface area contributed by atoms with Gasteiger partial charge in [0.1, 0.15) is 6.10 Å². The van der Waals surface area contributed by atoms with E-state index in [9.17, 15) is 8.78 Å². The van der Waals surface area contributed by atoms with Crippen molar-refractivity contribution in [3.63, 3.8) is 0 Å². The predicted octanol–water partition coefficient (Wildman–Crippen LogP) is 2.13. The van der Waals surface area contributed by atoms with E-state index in [4.69, 9.17) is 14.7 Å². The number of benzene rings is 1. The van der Waals surface area contributed by atoms with Gasteiger partial charge in [0.2, 0.25) is 0 Å². The van der Waals surface area contributed by atoms with Gasteiger partial charge in [-0.3, -0.25) is 0 Å². The maximum Gasteiger partial charge on any atom is 0.191 e. The third-order valence-electron chi connectivity index (χ3n) is 4.10. The van der Waals surface area contributed by atoms with Crippen molar-refractivity contribution in [1.82, 2.24) is 5.32 Å². The number of hydrogen-bond donors (Lipinski definition) is 1. The summed E-state index contributed by atoms with van der Waals surface area (Å²) in [6, 6.07) is 3.67. The number of piperidine rings is 1. The number of halogens is 2. The van der Waals surface area contributed by atoms with Crippen LogP contribution < -0.4 is 10.1 Å². The number of nitrogens with zero attached hydrogens (tertiary/aromatic N) is 1. The maximum atomic E-state index is 13.8. The van der Waals surface area contributed by atoms with E-state index in [-0.39, 0.29) is 17.3 Å². The topological polar surface area (TPSA) is 54.3 Å².